The van der Waals surface area contributed by atoms with Crippen LogP contribution >= 0.6 is 0 Å². The van der Waals surface area contributed by atoms with E-state index in [1.807, 2.05) is 15.8 Å². The molecule has 2 aromatic rings. The molecule has 3 nitrogen and oxygen atoms in total. The molecule has 0 aromatic heterocycles. The van der Waals surface area contributed by atoms with Crippen molar-refractivity contribution in [2.45, 2.75) is 79.1 Å². The predicted octanol–water partition coefficient (Wildman–Crippen LogP) is 7.41. The van der Waals surface area contributed by atoms with E-state index in [2.05, 4.69) is 98.4 Å². The van der Waals surface area contributed by atoms with E-state index >= 15 is 0 Å². The van der Waals surface area contributed by atoms with Gasteiger partial charge < -0.3 is 0 Å². The van der Waals surface area contributed by atoms with Crippen LogP contribution in [0.2, 0.25) is 0 Å². The standard InChI is InChI=1S/C28H37N2O/c1-17(2)22-12-10-13-23(18(3)4)26(22)29-16-30(28(31)21(29)9)27-24(19(5)6)14-11-15-25(27)20(7)8/h10-20H,9H2,1-8H3/q+1. The number of carbonyl (C=O) groups excluding carboxylic acids is 1. The van der Waals surface area contributed by atoms with E-state index in [9.17, 15) is 4.79 Å². The van der Waals surface area contributed by atoms with Crippen molar-refractivity contribution >= 4 is 23.6 Å². The Labute approximate surface area is 188 Å². The average Bonchev–Trinajstić information content (AvgIpc) is 3.00. The number of hydrogen-bond donors (Lipinski definition) is 0. The lowest BCUT2D eigenvalue weighted by Crippen LogP contribution is -2.27. The van der Waals surface area contributed by atoms with Crippen molar-refractivity contribution in [1.82, 2.24) is 0 Å². The van der Waals surface area contributed by atoms with Crippen LogP contribution in [0.15, 0.2) is 48.7 Å². The second-order valence-electron chi connectivity index (χ2n) is 9.80. The van der Waals surface area contributed by atoms with Crippen LogP contribution in [0, 0.1) is 0 Å². The minimum Gasteiger partial charge on any atom is -0.236 e. The van der Waals surface area contributed by atoms with E-state index in [0.717, 1.165) is 11.4 Å². The van der Waals surface area contributed by atoms with Gasteiger partial charge in [0, 0.05) is 22.3 Å². The first-order chi connectivity index (χ1) is 14.6. The molecule has 1 heterocycles. The molecule has 1 aliphatic rings. The molecule has 0 saturated heterocycles. The Kier molecular flexibility index (Phi) is 6.54. The molecule has 0 saturated carbocycles. The number of nitrogens with zero attached hydrogens (tertiary/aromatic N) is 2. The van der Waals surface area contributed by atoms with Gasteiger partial charge in [-0.15, -0.1) is 0 Å². The first-order valence-electron chi connectivity index (χ1n) is 11.5. The van der Waals surface area contributed by atoms with Gasteiger partial charge in [0.1, 0.15) is 11.4 Å². The Morgan fingerprint density at radius 3 is 1.48 bits per heavy atom. The van der Waals surface area contributed by atoms with Crippen LogP contribution in [-0.4, -0.2) is 16.8 Å². The van der Waals surface area contributed by atoms with Crippen molar-refractivity contribution in [2.75, 3.05) is 4.90 Å². The topological polar surface area (TPSA) is 23.3 Å². The number of anilines is 1. The maximum Gasteiger partial charge on any atom is 0.385 e. The molecular formula is C28H37N2O+. The molecule has 0 aliphatic carbocycles. The Hall–Kier alpha value is -2.68. The summed E-state index contributed by atoms with van der Waals surface area (Å²) in [5, 5.41) is 0. The molecule has 31 heavy (non-hydrogen) atoms. The molecule has 0 atom stereocenters. The van der Waals surface area contributed by atoms with Crippen molar-refractivity contribution in [3.8, 4) is 0 Å². The molecule has 0 radical (unpaired) electrons. The van der Waals surface area contributed by atoms with E-state index in [4.69, 9.17) is 0 Å². The van der Waals surface area contributed by atoms with Gasteiger partial charge in [-0.2, -0.15) is 9.48 Å². The van der Waals surface area contributed by atoms with Gasteiger partial charge in [0.2, 0.25) is 5.70 Å². The molecular weight excluding hydrogens is 380 g/mol. The summed E-state index contributed by atoms with van der Waals surface area (Å²) in [6.45, 7) is 21.8. The summed E-state index contributed by atoms with van der Waals surface area (Å²) >= 11 is 0. The number of rotatable bonds is 6. The lowest BCUT2D eigenvalue weighted by atomic mass is 9.92. The Morgan fingerprint density at radius 2 is 1.10 bits per heavy atom. The van der Waals surface area contributed by atoms with E-state index in [0.29, 0.717) is 29.4 Å². The van der Waals surface area contributed by atoms with Gasteiger partial charge in [0.15, 0.2) is 0 Å². The summed E-state index contributed by atoms with van der Waals surface area (Å²) in [5.41, 5.74) is 7.45. The number of benzene rings is 2. The number of para-hydroxylation sites is 2. The van der Waals surface area contributed by atoms with Gasteiger partial charge in [-0.05, 0) is 30.3 Å². The largest absolute Gasteiger partial charge is 0.385 e. The summed E-state index contributed by atoms with van der Waals surface area (Å²) < 4.78 is 2.02. The lowest BCUT2D eigenvalue weighted by molar-refractivity contribution is -0.368. The van der Waals surface area contributed by atoms with Gasteiger partial charge in [0.05, 0.1) is 0 Å². The highest BCUT2D eigenvalue weighted by Crippen LogP contribution is 2.40. The van der Waals surface area contributed by atoms with E-state index in [1.54, 1.807) is 0 Å². The van der Waals surface area contributed by atoms with Crippen LogP contribution in [0.3, 0.4) is 0 Å². The summed E-state index contributed by atoms with van der Waals surface area (Å²) in [4.78, 5) is 15.4. The predicted molar refractivity (Wildman–Crippen MR) is 132 cm³/mol. The summed E-state index contributed by atoms with van der Waals surface area (Å²) in [6.07, 6.45) is 1.96. The van der Waals surface area contributed by atoms with Gasteiger partial charge in [-0.25, -0.2) is 4.79 Å². The quantitative estimate of drug-likeness (QED) is 0.354. The SMILES string of the molecule is C=C1C(=O)N(c2c(C(C)C)cccc2C(C)C)C=[N+]1c1c(C(C)C)cccc1C(C)C. The molecule has 0 unspecified atom stereocenters. The second kappa shape index (κ2) is 8.82. The third-order valence-corrected chi connectivity index (χ3v) is 6.15. The highest BCUT2D eigenvalue weighted by atomic mass is 16.2. The smallest absolute Gasteiger partial charge is 0.236 e. The van der Waals surface area contributed by atoms with Crippen molar-refractivity contribution in [3.05, 3.63) is 70.9 Å². The van der Waals surface area contributed by atoms with Gasteiger partial charge in [-0.3, -0.25) is 0 Å². The molecule has 0 fully saturated rings. The van der Waals surface area contributed by atoms with E-state index in [-0.39, 0.29) is 5.91 Å². The van der Waals surface area contributed by atoms with Crippen LogP contribution < -0.4 is 4.90 Å². The Morgan fingerprint density at radius 1 is 0.710 bits per heavy atom. The number of carbonyl (C=O) groups is 1. The second-order valence-corrected chi connectivity index (χ2v) is 9.80. The van der Waals surface area contributed by atoms with Crippen molar-refractivity contribution in [3.63, 3.8) is 0 Å². The molecule has 3 heteroatoms. The maximum absolute atomic E-state index is 13.6. The monoisotopic (exact) mass is 417 g/mol. The first kappa shape index (κ1) is 23.0. The third-order valence-electron chi connectivity index (χ3n) is 6.15. The molecule has 0 bridgehead atoms. The minimum absolute atomic E-state index is 0.0525. The average molecular weight is 418 g/mol. The Balaban J connectivity index is 2.29. The molecule has 2 aromatic carbocycles. The fourth-order valence-corrected chi connectivity index (χ4v) is 4.41. The fraction of sp³-hybridized carbons (Fsp3) is 0.429. The fourth-order valence-electron chi connectivity index (χ4n) is 4.41. The molecule has 164 valence electrons. The zero-order chi connectivity index (χ0) is 23.0. The van der Waals surface area contributed by atoms with Crippen LogP contribution in [0.4, 0.5) is 11.4 Å². The number of hydrogen-bond acceptors (Lipinski definition) is 1. The van der Waals surface area contributed by atoms with Gasteiger partial charge in [0.25, 0.3) is 6.34 Å². The summed E-state index contributed by atoms with van der Waals surface area (Å²) in [6, 6.07) is 12.8. The van der Waals surface area contributed by atoms with Gasteiger partial charge in [-0.1, -0.05) is 91.8 Å². The van der Waals surface area contributed by atoms with E-state index < -0.39 is 0 Å². The Bertz CT molecular complexity index is 988. The maximum atomic E-state index is 13.6. The van der Waals surface area contributed by atoms with Crippen molar-refractivity contribution in [1.29, 1.82) is 0 Å². The van der Waals surface area contributed by atoms with E-state index in [1.165, 1.54) is 22.3 Å². The first-order valence-corrected chi connectivity index (χ1v) is 11.5. The summed E-state index contributed by atoms with van der Waals surface area (Å²) in [5.74, 6) is 1.25. The van der Waals surface area contributed by atoms with Crippen LogP contribution in [0.5, 0.6) is 0 Å². The molecule has 1 amide bonds. The van der Waals surface area contributed by atoms with Crippen LogP contribution in [-0.2, 0) is 4.79 Å². The third kappa shape index (κ3) is 4.11. The molecule has 1 aliphatic heterocycles. The van der Waals surface area contributed by atoms with Crippen LogP contribution in [0.1, 0.15) is 101 Å². The molecule has 0 N–H and O–H groups in total. The molecule has 3 rings (SSSR count). The van der Waals surface area contributed by atoms with Crippen LogP contribution in [0.25, 0.3) is 0 Å². The van der Waals surface area contributed by atoms with Gasteiger partial charge >= 0.3 is 5.91 Å². The van der Waals surface area contributed by atoms with Crippen molar-refractivity contribution < 1.29 is 9.37 Å². The van der Waals surface area contributed by atoms with Crippen molar-refractivity contribution in [2.24, 2.45) is 0 Å². The lowest BCUT2D eigenvalue weighted by Gasteiger charge is -2.19. The zero-order valence-corrected chi connectivity index (χ0v) is 20.4. The normalized spacial score (nSPS) is 14.6. The number of amides is 1. The zero-order valence-electron chi connectivity index (χ0n) is 20.4. The summed E-state index contributed by atoms with van der Waals surface area (Å²) in [7, 11) is 0. The highest BCUT2D eigenvalue weighted by Gasteiger charge is 2.41. The highest BCUT2D eigenvalue weighted by molar-refractivity contribution is 6.18. The molecule has 0 spiro atoms. The minimum atomic E-state index is -0.0525.